The van der Waals surface area contributed by atoms with Gasteiger partial charge >= 0.3 is 0 Å². The Morgan fingerprint density at radius 3 is 2.28 bits per heavy atom. The van der Waals surface area contributed by atoms with Gasteiger partial charge in [-0.3, -0.25) is 10.1 Å². The van der Waals surface area contributed by atoms with Crippen LogP contribution >= 0.6 is 11.3 Å². The second-order valence-corrected chi connectivity index (χ2v) is 7.56. The minimum absolute atomic E-state index is 0.155. The number of carbonyl (C=O) groups excluding carboxylic acids is 1. The number of hydrogen-bond donors (Lipinski definition) is 1. The fourth-order valence-corrected chi connectivity index (χ4v) is 4.08. The summed E-state index contributed by atoms with van der Waals surface area (Å²) in [6.07, 6.45) is 0. The maximum Gasteiger partial charge on any atom is 0.257 e. The Balaban J connectivity index is 1.73. The van der Waals surface area contributed by atoms with Crippen LogP contribution in [0.4, 0.5) is 5.13 Å². The van der Waals surface area contributed by atoms with Crippen LogP contribution in [0, 0.1) is 6.92 Å². The first kappa shape index (κ1) is 18.9. The minimum atomic E-state index is -0.155. The number of hydrogen-bond acceptors (Lipinski definition) is 4. The molecule has 1 amide bonds. The maximum absolute atomic E-state index is 12.8. The van der Waals surface area contributed by atoms with Gasteiger partial charge in [0.15, 0.2) is 5.13 Å². The Labute approximate surface area is 173 Å². The minimum Gasteiger partial charge on any atom is -0.497 e. The molecular formula is C24H20N2O2S. The van der Waals surface area contributed by atoms with Gasteiger partial charge in [0.25, 0.3) is 5.91 Å². The van der Waals surface area contributed by atoms with Crippen molar-refractivity contribution in [1.82, 2.24) is 4.98 Å². The Kier molecular flexibility index (Phi) is 5.40. The highest BCUT2D eigenvalue weighted by molar-refractivity contribution is 7.19. The van der Waals surface area contributed by atoms with E-state index in [4.69, 9.17) is 9.72 Å². The SMILES string of the molecule is COc1ccc(-c2sc(NC(=O)c3ccccc3C)nc2-c2ccccc2)cc1. The molecule has 0 aliphatic rings. The van der Waals surface area contributed by atoms with Crippen molar-refractivity contribution >= 4 is 22.4 Å². The number of aromatic nitrogens is 1. The van der Waals surface area contributed by atoms with Gasteiger partial charge in [-0.15, -0.1) is 0 Å². The molecule has 4 aromatic rings. The molecule has 4 rings (SSSR count). The number of nitrogens with zero attached hydrogens (tertiary/aromatic N) is 1. The molecule has 3 aromatic carbocycles. The molecule has 1 heterocycles. The van der Waals surface area contributed by atoms with E-state index >= 15 is 0 Å². The molecule has 0 radical (unpaired) electrons. The van der Waals surface area contributed by atoms with Gasteiger partial charge in [0.2, 0.25) is 0 Å². The van der Waals surface area contributed by atoms with Gasteiger partial charge in [0.1, 0.15) is 5.75 Å². The fourth-order valence-electron chi connectivity index (χ4n) is 3.10. The molecule has 0 spiro atoms. The molecule has 0 atom stereocenters. The normalized spacial score (nSPS) is 10.6. The molecule has 4 nitrogen and oxygen atoms in total. The molecule has 5 heteroatoms. The molecule has 1 N–H and O–H groups in total. The standard InChI is InChI=1S/C24H20N2O2S/c1-16-8-6-7-11-20(16)23(27)26-24-25-21(17-9-4-3-5-10-17)22(29-24)18-12-14-19(28-2)15-13-18/h3-15H,1-2H3,(H,25,26,27). The number of nitrogens with one attached hydrogen (secondary N) is 1. The summed E-state index contributed by atoms with van der Waals surface area (Å²) in [5.74, 6) is 0.644. The largest absolute Gasteiger partial charge is 0.497 e. The third-order valence-corrected chi connectivity index (χ3v) is 5.66. The van der Waals surface area contributed by atoms with Gasteiger partial charge in [0.05, 0.1) is 17.7 Å². The van der Waals surface area contributed by atoms with Crippen LogP contribution in [0.2, 0.25) is 0 Å². The topological polar surface area (TPSA) is 51.2 Å². The fraction of sp³-hybridized carbons (Fsp3) is 0.0833. The lowest BCUT2D eigenvalue weighted by molar-refractivity contribution is 0.102. The van der Waals surface area contributed by atoms with Crippen LogP contribution in [-0.4, -0.2) is 18.0 Å². The maximum atomic E-state index is 12.8. The van der Waals surface area contributed by atoms with Crippen molar-refractivity contribution < 1.29 is 9.53 Å². The number of methoxy groups -OCH3 is 1. The Morgan fingerprint density at radius 1 is 0.897 bits per heavy atom. The number of thiazole rings is 1. The number of ether oxygens (including phenoxy) is 1. The van der Waals surface area contributed by atoms with E-state index in [0.717, 1.165) is 33.0 Å². The molecule has 0 aliphatic carbocycles. The summed E-state index contributed by atoms with van der Waals surface area (Å²) >= 11 is 1.47. The van der Waals surface area contributed by atoms with Crippen LogP contribution in [0.25, 0.3) is 21.7 Å². The van der Waals surface area contributed by atoms with Crippen molar-refractivity contribution in [3.05, 3.63) is 90.0 Å². The van der Waals surface area contributed by atoms with E-state index in [9.17, 15) is 4.79 Å². The van der Waals surface area contributed by atoms with Crippen molar-refractivity contribution in [3.63, 3.8) is 0 Å². The molecular weight excluding hydrogens is 380 g/mol. The molecule has 0 unspecified atom stereocenters. The van der Waals surface area contributed by atoms with Crippen molar-refractivity contribution in [3.8, 4) is 27.4 Å². The lowest BCUT2D eigenvalue weighted by Crippen LogP contribution is -2.12. The van der Waals surface area contributed by atoms with E-state index in [2.05, 4.69) is 5.32 Å². The van der Waals surface area contributed by atoms with Gasteiger partial charge in [0, 0.05) is 11.1 Å². The second kappa shape index (κ2) is 8.29. The van der Waals surface area contributed by atoms with E-state index in [1.807, 2.05) is 85.8 Å². The van der Waals surface area contributed by atoms with Crippen LogP contribution in [-0.2, 0) is 0 Å². The smallest absolute Gasteiger partial charge is 0.257 e. The van der Waals surface area contributed by atoms with Crippen molar-refractivity contribution in [2.24, 2.45) is 0 Å². The summed E-state index contributed by atoms with van der Waals surface area (Å²) in [6.45, 7) is 1.93. The van der Waals surface area contributed by atoms with E-state index in [0.29, 0.717) is 10.7 Å². The van der Waals surface area contributed by atoms with E-state index < -0.39 is 0 Å². The van der Waals surface area contributed by atoms with Gasteiger partial charge in [-0.05, 0) is 48.4 Å². The highest BCUT2D eigenvalue weighted by Gasteiger charge is 2.17. The molecule has 29 heavy (non-hydrogen) atoms. The third-order valence-electron chi connectivity index (χ3n) is 4.64. The van der Waals surface area contributed by atoms with Crippen LogP contribution in [0.5, 0.6) is 5.75 Å². The van der Waals surface area contributed by atoms with Gasteiger partial charge in [-0.2, -0.15) is 0 Å². The number of benzene rings is 3. The summed E-state index contributed by atoms with van der Waals surface area (Å²) in [4.78, 5) is 18.5. The van der Waals surface area contributed by atoms with Crippen molar-refractivity contribution in [1.29, 1.82) is 0 Å². The zero-order chi connectivity index (χ0) is 20.2. The Morgan fingerprint density at radius 2 is 1.59 bits per heavy atom. The number of amides is 1. The highest BCUT2D eigenvalue weighted by Crippen LogP contribution is 2.39. The Bertz CT molecular complexity index is 1140. The quantitative estimate of drug-likeness (QED) is 0.444. The lowest BCUT2D eigenvalue weighted by atomic mass is 10.1. The van der Waals surface area contributed by atoms with Gasteiger partial charge < -0.3 is 4.74 Å². The first-order chi connectivity index (χ1) is 14.2. The molecule has 144 valence electrons. The predicted molar refractivity (Wildman–Crippen MR) is 119 cm³/mol. The first-order valence-electron chi connectivity index (χ1n) is 9.23. The summed E-state index contributed by atoms with van der Waals surface area (Å²) in [7, 11) is 1.65. The number of anilines is 1. The number of rotatable bonds is 5. The molecule has 1 aromatic heterocycles. The highest BCUT2D eigenvalue weighted by atomic mass is 32.1. The number of carbonyl (C=O) groups is 1. The third kappa shape index (κ3) is 4.05. The molecule has 0 aliphatic heterocycles. The monoisotopic (exact) mass is 400 g/mol. The van der Waals surface area contributed by atoms with Crippen LogP contribution in [0.3, 0.4) is 0 Å². The summed E-state index contributed by atoms with van der Waals surface area (Å²) in [5.41, 5.74) is 4.46. The van der Waals surface area contributed by atoms with Crippen LogP contribution in [0.1, 0.15) is 15.9 Å². The Hall–Kier alpha value is -3.44. The van der Waals surface area contributed by atoms with Crippen LogP contribution < -0.4 is 10.1 Å². The van der Waals surface area contributed by atoms with E-state index in [1.54, 1.807) is 7.11 Å². The first-order valence-corrected chi connectivity index (χ1v) is 10.0. The average Bonchev–Trinajstić information content (AvgIpc) is 3.18. The van der Waals surface area contributed by atoms with Crippen molar-refractivity contribution in [2.75, 3.05) is 12.4 Å². The van der Waals surface area contributed by atoms with Crippen LogP contribution in [0.15, 0.2) is 78.9 Å². The van der Waals surface area contributed by atoms with E-state index in [1.165, 1.54) is 11.3 Å². The van der Waals surface area contributed by atoms with E-state index in [-0.39, 0.29) is 5.91 Å². The average molecular weight is 401 g/mol. The number of aryl methyl sites for hydroxylation is 1. The predicted octanol–water partition coefficient (Wildman–Crippen LogP) is 6.05. The lowest BCUT2D eigenvalue weighted by Gasteiger charge is -2.04. The summed E-state index contributed by atoms with van der Waals surface area (Å²) < 4.78 is 5.27. The summed E-state index contributed by atoms with van der Waals surface area (Å²) in [5, 5.41) is 3.54. The van der Waals surface area contributed by atoms with Crippen molar-refractivity contribution in [2.45, 2.75) is 6.92 Å². The molecule has 0 bridgehead atoms. The zero-order valence-electron chi connectivity index (χ0n) is 16.2. The van der Waals surface area contributed by atoms with Gasteiger partial charge in [-0.1, -0.05) is 59.9 Å². The zero-order valence-corrected chi connectivity index (χ0v) is 17.0. The molecule has 0 saturated heterocycles. The molecule has 0 saturated carbocycles. The summed E-state index contributed by atoms with van der Waals surface area (Å²) in [6, 6.07) is 25.4. The van der Waals surface area contributed by atoms with Gasteiger partial charge in [-0.25, -0.2) is 4.98 Å². The molecule has 0 fully saturated rings. The second-order valence-electron chi connectivity index (χ2n) is 6.56.